The summed E-state index contributed by atoms with van der Waals surface area (Å²) in [7, 11) is 2.00. The van der Waals surface area contributed by atoms with Gasteiger partial charge in [0.25, 0.3) is 0 Å². The zero-order valence-corrected chi connectivity index (χ0v) is 13.9. The summed E-state index contributed by atoms with van der Waals surface area (Å²) in [6.07, 6.45) is 2.09. The molecule has 0 unspecified atom stereocenters. The van der Waals surface area contributed by atoms with Gasteiger partial charge in [0.15, 0.2) is 0 Å². The Bertz CT molecular complexity index is 632. The van der Waals surface area contributed by atoms with Crippen LogP contribution in [0.25, 0.3) is 0 Å². The summed E-state index contributed by atoms with van der Waals surface area (Å²) in [4.78, 5) is 2.14. The highest BCUT2D eigenvalue weighted by atomic mass is 19.1. The van der Waals surface area contributed by atoms with Crippen LogP contribution in [0.4, 0.5) is 4.39 Å². The number of benzene rings is 2. The molecule has 2 aromatic rings. The first-order chi connectivity index (χ1) is 11.6. The summed E-state index contributed by atoms with van der Waals surface area (Å²) in [6.45, 7) is 0.681. The number of aliphatic hydroxyl groups excluding tert-OH is 1. The molecular formula is C20H24FNO2. The quantitative estimate of drug-likeness (QED) is 0.909. The van der Waals surface area contributed by atoms with Gasteiger partial charge in [-0.15, -0.1) is 0 Å². The van der Waals surface area contributed by atoms with Gasteiger partial charge in [0.1, 0.15) is 23.8 Å². The van der Waals surface area contributed by atoms with Crippen LogP contribution in [0, 0.1) is 5.82 Å². The van der Waals surface area contributed by atoms with E-state index < -0.39 is 6.10 Å². The average Bonchev–Trinajstić information content (AvgIpc) is 2.60. The Hall–Kier alpha value is -1.91. The molecule has 1 fully saturated rings. The number of hydrogen-bond acceptors (Lipinski definition) is 3. The largest absolute Gasteiger partial charge is 0.488 e. The summed E-state index contributed by atoms with van der Waals surface area (Å²) < 4.78 is 19.0. The van der Waals surface area contributed by atoms with E-state index in [9.17, 15) is 9.50 Å². The van der Waals surface area contributed by atoms with Crippen LogP contribution in [0.15, 0.2) is 54.6 Å². The predicted molar refractivity (Wildman–Crippen MR) is 92.4 cm³/mol. The van der Waals surface area contributed by atoms with Crippen molar-refractivity contribution >= 4 is 0 Å². The highest BCUT2D eigenvalue weighted by Crippen LogP contribution is 2.27. The summed E-state index contributed by atoms with van der Waals surface area (Å²) in [5.74, 6) is 0.568. The Morgan fingerprint density at radius 3 is 2.50 bits per heavy atom. The van der Waals surface area contributed by atoms with E-state index in [-0.39, 0.29) is 18.0 Å². The van der Waals surface area contributed by atoms with E-state index in [1.165, 1.54) is 12.1 Å². The molecule has 3 nitrogen and oxygen atoms in total. The van der Waals surface area contributed by atoms with Crippen LogP contribution in [0.5, 0.6) is 5.75 Å². The van der Waals surface area contributed by atoms with Gasteiger partial charge in [-0.1, -0.05) is 30.3 Å². The van der Waals surface area contributed by atoms with Crippen molar-refractivity contribution in [3.05, 3.63) is 66.0 Å². The van der Waals surface area contributed by atoms with Gasteiger partial charge >= 0.3 is 0 Å². The zero-order valence-electron chi connectivity index (χ0n) is 13.9. The van der Waals surface area contributed by atoms with Gasteiger partial charge in [0.2, 0.25) is 0 Å². The highest BCUT2D eigenvalue weighted by molar-refractivity contribution is 5.21. The fourth-order valence-corrected chi connectivity index (χ4v) is 3.40. The second-order valence-electron chi connectivity index (χ2n) is 6.50. The van der Waals surface area contributed by atoms with Gasteiger partial charge < -0.3 is 9.84 Å². The van der Waals surface area contributed by atoms with Crippen molar-refractivity contribution in [1.29, 1.82) is 0 Å². The minimum atomic E-state index is -0.538. The molecule has 1 N–H and O–H groups in total. The lowest BCUT2D eigenvalue weighted by atomic mass is 9.88. The van der Waals surface area contributed by atoms with E-state index in [2.05, 4.69) is 4.90 Å². The van der Waals surface area contributed by atoms with Crippen LogP contribution in [-0.2, 0) is 6.54 Å². The first-order valence-corrected chi connectivity index (χ1v) is 8.48. The Labute approximate surface area is 142 Å². The SMILES string of the molecule is CN(Cc1ccc(F)cc1)[C@@H]1CCC[C@H](Oc2ccccc2)[C@H]1O. The Kier molecular flexibility index (Phi) is 5.48. The first-order valence-electron chi connectivity index (χ1n) is 8.48. The van der Waals surface area contributed by atoms with Crippen molar-refractivity contribution in [2.75, 3.05) is 7.05 Å². The van der Waals surface area contributed by atoms with E-state index in [0.29, 0.717) is 6.54 Å². The molecule has 0 aliphatic heterocycles. The van der Waals surface area contributed by atoms with Crippen molar-refractivity contribution in [2.24, 2.45) is 0 Å². The third-order valence-electron chi connectivity index (χ3n) is 4.71. The van der Waals surface area contributed by atoms with Gasteiger partial charge in [-0.05, 0) is 56.1 Å². The number of likely N-dealkylation sites (N-methyl/N-ethyl adjacent to an activating group) is 1. The molecule has 3 rings (SSSR count). The second kappa shape index (κ2) is 7.77. The molecular weight excluding hydrogens is 305 g/mol. The lowest BCUT2D eigenvalue weighted by Gasteiger charge is -2.39. The van der Waals surface area contributed by atoms with Crippen molar-refractivity contribution < 1.29 is 14.2 Å². The molecule has 3 atom stereocenters. The van der Waals surface area contributed by atoms with E-state index in [1.807, 2.05) is 37.4 Å². The van der Waals surface area contributed by atoms with Gasteiger partial charge in [-0.25, -0.2) is 4.39 Å². The van der Waals surface area contributed by atoms with Gasteiger partial charge in [0.05, 0.1) is 0 Å². The molecule has 0 spiro atoms. The average molecular weight is 329 g/mol. The Balaban J connectivity index is 1.63. The van der Waals surface area contributed by atoms with Crippen LogP contribution < -0.4 is 4.74 Å². The molecule has 0 saturated heterocycles. The monoisotopic (exact) mass is 329 g/mol. The molecule has 24 heavy (non-hydrogen) atoms. The maximum Gasteiger partial charge on any atom is 0.126 e. The molecule has 0 aromatic heterocycles. The summed E-state index contributed by atoms with van der Waals surface area (Å²) in [6, 6.07) is 16.2. The van der Waals surface area contributed by atoms with E-state index in [0.717, 1.165) is 30.6 Å². The van der Waals surface area contributed by atoms with Crippen LogP contribution in [-0.4, -0.2) is 35.3 Å². The molecule has 1 aliphatic rings. The van der Waals surface area contributed by atoms with Gasteiger partial charge in [-0.2, -0.15) is 0 Å². The van der Waals surface area contributed by atoms with Crippen LogP contribution >= 0.6 is 0 Å². The van der Waals surface area contributed by atoms with Crippen LogP contribution in [0.3, 0.4) is 0 Å². The van der Waals surface area contributed by atoms with Crippen molar-refractivity contribution in [3.63, 3.8) is 0 Å². The molecule has 2 aromatic carbocycles. The summed E-state index contributed by atoms with van der Waals surface area (Å²) in [5, 5.41) is 10.8. The molecule has 0 amide bonds. The minimum Gasteiger partial charge on any atom is -0.488 e. The van der Waals surface area contributed by atoms with E-state index in [4.69, 9.17) is 4.74 Å². The molecule has 1 aliphatic carbocycles. The molecule has 0 heterocycles. The number of halogens is 1. The van der Waals surface area contributed by atoms with E-state index >= 15 is 0 Å². The molecule has 128 valence electrons. The van der Waals surface area contributed by atoms with E-state index in [1.54, 1.807) is 12.1 Å². The number of nitrogens with zero attached hydrogens (tertiary/aromatic N) is 1. The number of ether oxygens (including phenoxy) is 1. The number of rotatable bonds is 5. The summed E-state index contributed by atoms with van der Waals surface area (Å²) >= 11 is 0. The predicted octanol–water partition coefficient (Wildman–Crippen LogP) is 3.62. The molecule has 0 bridgehead atoms. The maximum atomic E-state index is 13.0. The highest BCUT2D eigenvalue weighted by Gasteiger charge is 2.35. The number of aliphatic hydroxyl groups is 1. The van der Waals surface area contributed by atoms with Crippen molar-refractivity contribution in [1.82, 2.24) is 4.90 Å². The molecule has 1 saturated carbocycles. The topological polar surface area (TPSA) is 32.7 Å². The van der Waals surface area contributed by atoms with Crippen LogP contribution in [0.2, 0.25) is 0 Å². The fourth-order valence-electron chi connectivity index (χ4n) is 3.40. The standard InChI is InChI=1S/C20H24FNO2/c1-22(14-15-10-12-16(21)13-11-15)18-8-5-9-19(20(18)23)24-17-6-3-2-4-7-17/h2-4,6-7,10-13,18-20,23H,5,8-9,14H2,1H3/t18-,19+,20+/m1/s1. The smallest absolute Gasteiger partial charge is 0.126 e. The lowest BCUT2D eigenvalue weighted by Crippen LogP contribution is -2.51. The van der Waals surface area contributed by atoms with Crippen LogP contribution in [0.1, 0.15) is 24.8 Å². The Morgan fingerprint density at radius 2 is 1.79 bits per heavy atom. The fraction of sp³-hybridized carbons (Fsp3) is 0.400. The zero-order chi connectivity index (χ0) is 16.9. The summed E-state index contributed by atoms with van der Waals surface area (Å²) in [5.41, 5.74) is 1.04. The first kappa shape index (κ1) is 16.9. The van der Waals surface area contributed by atoms with Crippen molar-refractivity contribution in [3.8, 4) is 5.75 Å². The number of hydrogen-bond donors (Lipinski definition) is 1. The van der Waals surface area contributed by atoms with Crippen molar-refractivity contribution in [2.45, 2.75) is 44.1 Å². The Morgan fingerprint density at radius 1 is 1.08 bits per heavy atom. The third kappa shape index (κ3) is 4.13. The maximum absolute atomic E-state index is 13.0. The molecule has 0 radical (unpaired) electrons. The second-order valence-corrected chi connectivity index (χ2v) is 6.50. The lowest BCUT2D eigenvalue weighted by molar-refractivity contribution is -0.0491. The number of para-hydroxylation sites is 1. The third-order valence-corrected chi connectivity index (χ3v) is 4.71. The van der Waals surface area contributed by atoms with Gasteiger partial charge in [-0.3, -0.25) is 4.90 Å². The molecule has 4 heteroatoms. The van der Waals surface area contributed by atoms with Gasteiger partial charge in [0, 0.05) is 12.6 Å². The minimum absolute atomic E-state index is 0.0394. The normalized spacial score (nSPS) is 24.1.